The summed E-state index contributed by atoms with van der Waals surface area (Å²) in [5.41, 5.74) is 1.52. The van der Waals surface area contributed by atoms with Crippen molar-refractivity contribution in [2.75, 3.05) is 25.1 Å². The molecule has 0 saturated carbocycles. The van der Waals surface area contributed by atoms with Crippen LogP contribution < -0.4 is 9.64 Å². The van der Waals surface area contributed by atoms with E-state index in [1.807, 2.05) is 18.0 Å². The molecule has 0 aromatic carbocycles. The van der Waals surface area contributed by atoms with Crippen LogP contribution in [0, 0.1) is 0 Å². The van der Waals surface area contributed by atoms with Crippen LogP contribution in [-0.4, -0.2) is 31.0 Å². The average molecular weight is 192 g/mol. The maximum absolute atomic E-state index is 11.1. The van der Waals surface area contributed by atoms with E-state index in [1.54, 1.807) is 6.20 Å². The lowest BCUT2D eigenvalue weighted by molar-refractivity contribution is 0.101. The van der Waals surface area contributed by atoms with Gasteiger partial charge < -0.3 is 9.64 Å². The number of likely N-dealkylation sites (N-methyl/N-ethyl adjacent to an activating group) is 1. The minimum Gasteiger partial charge on any atom is -0.474 e. The molecule has 1 aromatic heterocycles. The smallest absolute Gasteiger partial charge is 0.237 e. The number of nitrogens with zero attached hydrogens (tertiary/aromatic N) is 2. The van der Waals surface area contributed by atoms with Gasteiger partial charge in [0, 0.05) is 18.8 Å². The van der Waals surface area contributed by atoms with Gasteiger partial charge in [-0.2, -0.15) is 0 Å². The van der Waals surface area contributed by atoms with Crippen LogP contribution in [0.15, 0.2) is 12.3 Å². The molecule has 1 aliphatic rings. The van der Waals surface area contributed by atoms with Gasteiger partial charge in [0.1, 0.15) is 12.3 Å². The zero-order valence-electron chi connectivity index (χ0n) is 8.28. The number of anilines is 1. The highest BCUT2D eigenvalue weighted by Crippen LogP contribution is 2.28. The van der Waals surface area contributed by atoms with E-state index in [0.29, 0.717) is 18.1 Å². The van der Waals surface area contributed by atoms with Gasteiger partial charge in [-0.1, -0.05) is 0 Å². The molecule has 0 fully saturated rings. The fourth-order valence-corrected chi connectivity index (χ4v) is 1.42. The fourth-order valence-electron chi connectivity index (χ4n) is 1.42. The number of carbonyl (C=O) groups excluding carboxylic acids is 1. The third-order valence-electron chi connectivity index (χ3n) is 2.32. The average Bonchev–Trinajstić information content (AvgIpc) is 2.18. The summed E-state index contributed by atoms with van der Waals surface area (Å²) < 4.78 is 5.36. The van der Waals surface area contributed by atoms with E-state index in [0.717, 1.165) is 12.2 Å². The molecule has 1 aliphatic heterocycles. The van der Waals surface area contributed by atoms with Gasteiger partial charge in [0.15, 0.2) is 5.78 Å². The normalized spacial score (nSPS) is 14.6. The van der Waals surface area contributed by atoms with Crippen LogP contribution in [0.4, 0.5) is 5.69 Å². The molecular formula is C10H12N2O2. The predicted octanol–water partition coefficient (Wildman–Crippen LogP) is 1.11. The van der Waals surface area contributed by atoms with E-state index in [2.05, 4.69) is 4.98 Å². The second kappa shape index (κ2) is 3.29. The number of rotatable bonds is 1. The second-order valence-electron chi connectivity index (χ2n) is 3.37. The first-order valence-electron chi connectivity index (χ1n) is 4.53. The SMILES string of the molecule is CC(=O)c1cnc2c(c1)N(C)CCO2. The van der Waals surface area contributed by atoms with Gasteiger partial charge in [-0.3, -0.25) is 4.79 Å². The van der Waals surface area contributed by atoms with Crippen molar-refractivity contribution in [3.63, 3.8) is 0 Å². The summed E-state index contributed by atoms with van der Waals surface area (Å²) in [6.45, 7) is 3.01. The number of pyridine rings is 1. The molecule has 0 spiro atoms. The molecule has 0 unspecified atom stereocenters. The van der Waals surface area contributed by atoms with Gasteiger partial charge in [-0.25, -0.2) is 4.98 Å². The topological polar surface area (TPSA) is 42.4 Å². The molecule has 0 radical (unpaired) electrons. The molecule has 0 atom stereocenters. The standard InChI is InChI=1S/C10H12N2O2/c1-7(13)8-5-9-10(11-6-8)14-4-3-12(9)2/h5-6H,3-4H2,1-2H3. The third kappa shape index (κ3) is 1.43. The zero-order chi connectivity index (χ0) is 10.1. The van der Waals surface area contributed by atoms with Crippen molar-refractivity contribution in [3.8, 4) is 5.88 Å². The van der Waals surface area contributed by atoms with Crippen molar-refractivity contribution < 1.29 is 9.53 Å². The van der Waals surface area contributed by atoms with E-state index in [-0.39, 0.29) is 5.78 Å². The van der Waals surface area contributed by atoms with E-state index in [9.17, 15) is 4.79 Å². The molecule has 0 bridgehead atoms. The molecular weight excluding hydrogens is 180 g/mol. The molecule has 2 rings (SSSR count). The number of ether oxygens (including phenoxy) is 1. The minimum absolute atomic E-state index is 0.0271. The Balaban J connectivity index is 2.45. The Morgan fingerprint density at radius 1 is 1.64 bits per heavy atom. The van der Waals surface area contributed by atoms with Crippen molar-refractivity contribution in [3.05, 3.63) is 17.8 Å². The van der Waals surface area contributed by atoms with Crippen LogP contribution in [0.5, 0.6) is 5.88 Å². The van der Waals surface area contributed by atoms with Gasteiger partial charge in [0.25, 0.3) is 0 Å². The molecule has 4 heteroatoms. The predicted molar refractivity (Wildman–Crippen MR) is 53.0 cm³/mol. The third-order valence-corrected chi connectivity index (χ3v) is 2.32. The molecule has 0 amide bonds. The Kier molecular flexibility index (Phi) is 2.11. The number of hydrogen-bond donors (Lipinski definition) is 0. The Bertz CT molecular complexity index is 376. The van der Waals surface area contributed by atoms with Crippen LogP contribution in [0.3, 0.4) is 0 Å². The summed E-state index contributed by atoms with van der Waals surface area (Å²) in [7, 11) is 1.97. The first-order chi connectivity index (χ1) is 6.68. The summed E-state index contributed by atoms with van der Waals surface area (Å²) in [5, 5.41) is 0. The van der Waals surface area contributed by atoms with Crippen molar-refractivity contribution in [2.45, 2.75) is 6.92 Å². The molecule has 0 saturated heterocycles. The van der Waals surface area contributed by atoms with Crippen LogP contribution in [0.2, 0.25) is 0 Å². The molecule has 2 heterocycles. The van der Waals surface area contributed by atoms with Crippen molar-refractivity contribution >= 4 is 11.5 Å². The Hall–Kier alpha value is -1.58. The Labute approximate surface area is 82.5 Å². The summed E-state index contributed by atoms with van der Waals surface area (Å²) >= 11 is 0. The summed E-state index contributed by atoms with van der Waals surface area (Å²) in [5.74, 6) is 0.642. The highest BCUT2D eigenvalue weighted by atomic mass is 16.5. The van der Waals surface area contributed by atoms with Gasteiger partial charge >= 0.3 is 0 Å². The lowest BCUT2D eigenvalue weighted by Crippen LogP contribution is -2.29. The summed E-state index contributed by atoms with van der Waals surface area (Å²) in [6.07, 6.45) is 1.56. The number of Topliss-reactive ketones (excluding diaryl/α,β-unsaturated/α-hetero) is 1. The number of fused-ring (bicyclic) bond motifs is 1. The summed E-state index contributed by atoms with van der Waals surface area (Å²) in [4.78, 5) is 17.3. The van der Waals surface area contributed by atoms with Crippen LogP contribution in [0.1, 0.15) is 17.3 Å². The number of ketones is 1. The number of carbonyl (C=O) groups is 1. The maximum Gasteiger partial charge on any atom is 0.237 e. The van der Waals surface area contributed by atoms with Crippen LogP contribution in [0.25, 0.3) is 0 Å². The summed E-state index contributed by atoms with van der Waals surface area (Å²) in [6, 6.07) is 1.82. The number of hydrogen-bond acceptors (Lipinski definition) is 4. The first kappa shape index (κ1) is 8.99. The van der Waals surface area contributed by atoms with Gasteiger partial charge in [-0.05, 0) is 13.0 Å². The van der Waals surface area contributed by atoms with Gasteiger partial charge in [-0.15, -0.1) is 0 Å². The van der Waals surface area contributed by atoms with E-state index in [1.165, 1.54) is 6.92 Å². The number of aromatic nitrogens is 1. The van der Waals surface area contributed by atoms with Crippen molar-refractivity contribution in [2.24, 2.45) is 0 Å². The van der Waals surface area contributed by atoms with E-state index in [4.69, 9.17) is 4.74 Å². The first-order valence-corrected chi connectivity index (χ1v) is 4.53. The van der Waals surface area contributed by atoms with Gasteiger partial charge in [0.05, 0.1) is 6.54 Å². The maximum atomic E-state index is 11.1. The lowest BCUT2D eigenvalue weighted by Gasteiger charge is -2.26. The highest BCUT2D eigenvalue weighted by molar-refractivity contribution is 5.95. The highest BCUT2D eigenvalue weighted by Gasteiger charge is 2.17. The van der Waals surface area contributed by atoms with Crippen LogP contribution >= 0.6 is 0 Å². The molecule has 0 N–H and O–H groups in total. The quantitative estimate of drug-likeness (QED) is 0.625. The fraction of sp³-hybridized carbons (Fsp3) is 0.400. The molecule has 4 nitrogen and oxygen atoms in total. The Morgan fingerprint density at radius 2 is 2.43 bits per heavy atom. The second-order valence-corrected chi connectivity index (χ2v) is 3.37. The zero-order valence-corrected chi connectivity index (χ0v) is 8.28. The lowest BCUT2D eigenvalue weighted by atomic mass is 10.2. The molecule has 0 aliphatic carbocycles. The van der Waals surface area contributed by atoms with E-state index < -0.39 is 0 Å². The Morgan fingerprint density at radius 3 is 3.14 bits per heavy atom. The molecule has 1 aromatic rings. The molecule has 14 heavy (non-hydrogen) atoms. The van der Waals surface area contributed by atoms with Crippen LogP contribution in [-0.2, 0) is 0 Å². The van der Waals surface area contributed by atoms with Crippen molar-refractivity contribution in [1.82, 2.24) is 4.98 Å². The van der Waals surface area contributed by atoms with Gasteiger partial charge in [0.2, 0.25) is 5.88 Å². The monoisotopic (exact) mass is 192 g/mol. The van der Waals surface area contributed by atoms with Crippen molar-refractivity contribution in [1.29, 1.82) is 0 Å². The van der Waals surface area contributed by atoms with E-state index >= 15 is 0 Å². The largest absolute Gasteiger partial charge is 0.474 e. The minimum atomic E-state index is 0.0271. The molecule has 74 valence electrons.